The normalized spacial score (nSPS) is 19.1. The standard InChI is InChI=1S/C12H20N6O2/c1-9(10(13)15-20)17-5-7-18(8-6-17)11-12(19)16(2)4-3-14-11/h3-4,9,20H,5-8H2,1-2H3,(H2,13,15). The summed E-state index contributed by atoms with van der Waals surface area (Å²) in [6, 6.07) is -0.117. The highest BCUT2D eigenvalue weighted by Gasteiger charge is 2.25. The molecule has 0 bridgehead atoms. The van der Waals surface area contributed by atoms with E-state index in [0.29, 0.717) is 18.9 Å². The molecule has 1 atom stereocenters. The van der Waals surface area contributed by atoms with Gasteiger partial charge in [0.05, 0.1) is 6.04 Å². The topological polar surface area (TPSA) is 100.0 Å². The average Bonchev–Trinajstić information content (AvgIpc) is 2.48. The highest BCUT2D eigenvalue weighted by atomic mass is 16.4. The Hall–Kier alpha value is -2.09. The van der Waals surface area contributed by atoms with E-state index >= 15 is 0 Å². The number of rotatable bonds is 3. The van der Waals surface area contributed by atoms with Crippen molar-refractivity contribution in [2.45, 2.75) is 13.0 Å². The molecule has 3 N–H and O–H groups in total. The number of oxime groups is 1. The van der Waals surface area contributed by atoms with Gasteiger partial charge in [-0.1, -0.05) is 5.16 Å². The summed E-state index contributed by atoms with van der Waals surface area (Å²) in [7, 11) is 1.71. The predicted octanol–water partition coefficient (Wildman–Crippen LogP) is -0.963. The van der Waals surface area contributed by atoms with E-state index in [1.165, 1.54) is 4.57 Å². The largest absolute Gasteiger partial charge is 0.409 e. The molecule has 8 heteroatoms. The molecule has 0 radical (unpaired) electrons. The summed E-state index contributed by atoms with van der Waals surface area (Å²) in [5.41, 5.74) is 5.52. The molecule has 0 aliphatic carbocycles. The Labute approximate surface area is 117 Å². The molecular weight excluding hydrogens is 260 g/mol. The Morgan fingerprint density at radius 3 is 2.70 bits per heavy atom. The third-order valence-corrected chi connectivity index (χ3v) is 3.70. The van der Waals surface area contributed by atoms with Gasteiger partial charge in [-0.25, -0.2) is 4.98 Å². The van der Waals surface area contributed by atoms with Gasteiger partial charge in [0.2, 0.25) is 0 Å². The number of hydrogen-bond acceptors (Lipinski definition) is 6. The Bertz CT molecular complexity index is 547. The van der Waals surface area contributed by atoms with Crippen LogP contribution in [0.4, 0.5) is 5.82 Å². The Morgan fingerprint density at radius 1 is 1.45 bits per heavy atom. The van der Waals surface area contributed by atoms with Crippen LogP contribution < -0.4 is 16.2 Å². The minimum Gasteiger partial charge on any atom is -0.409 e. The minimum atomic E-state index is -0.117. The van der Waals surface area contributed by atoms with Gasteiger partial charge >= 0.3 is 0 Å². The lowest BCUT2D eigenvalue weighted by Gasteiger charge is -2.37. The molecule has 0 amide bonds. The minimum absolute atomic E-state index is 0.0922. The van der Waals surface area contributed by atoms with Crippen LogP contribution in [0.5, 0.6) is 0 Å². The number of anilines is 1. The number of aromatic nitrogens is 2. The van der Waals surface area contributed by atoms with Gasteiger partial charge in [-0.15, -0.1) is 0 Å². The number of hydrogen-bond donors (Lipinski definition) is 2. The monoisotopic (exact) mass is 280 g/mol. The molecule has 110 valence electrons. The van der Waals surface area contributed by atoms with E-state index in [1.54, 1.807) is 19.4 Å². The van der Waals surface area contributed by atoms with E-state index in [4.69, 9.17) is 10.9 Å². The molecule has 0 saturated carbocycles. The van der Waals surface area contributed by atoms with Crippen molar-refractivity contribution in [3.8, 4) is 0 Å². The number of nitrogens with zero attached hydrogens (tertiary/aromatic N) is 5. The first-order valence-electron chi connectivity index (χ1n) is 6.52. The van der Waals surface area contributed by atoms with Crippen molar-refractivity contribution in [1.29, 1.82) is 0 Å². The zero-order chi connectivity index (χ0) is 14.7. The van der Waals surface area contributed by atoms with Crippen molar-refractivity contribution in [3.63, 3.8) is 0 Å². The molecule has 1 fully saturated rings. The number of nitrogens with two attached hydrogens (primary N) is 1. The van der Waals surface area contributed by atoms with Gasteiger partial charge < -0.3 is 20.4 Å². The van der Waals surface area contributed by atoms with Crippen LogP contribution in [0.1, 0.15) is 6.92 Å². The highest BCUT2D eigenvalue weighted by molar-refractivity contribution is 5.84. The van der Waals surface area contributed by atoms with Crippen molar-refractivity contribution in [2.75, 3.05) is 31.1 Å². The van der Waals surface area contributed by atoms with Gasteiger partial charge in [0.15, 0.2) is 11.7 Å². The molecule has 2 rings (SSSR count). The predicted molar refractivity (Wildman–Crippen MR) is 76.1 cm³/mol. The van der Waals surface area contributed by atoms with Crippen LogP contribution in [0.15, 0.2) is 22.3 Å². The smallest absolute Gasteiger partial charge is 0.293 e. The fourth-order valence-corrected chi connectivity index (χ4v) is 2.29. The fraction of sp³-hybridized carbons (Fsp3) is 0.583. The van der Waals surface area contributed by atoms with Crippen LogP contribution >= 0.6 is 0 Å². The first kappa shape index (κ1) is 14.3. The summed E-state index contributed by atoms with van der Waals surface area (Å²) in [6.45, 7) is 4.74. The molecule has 0 spiro atoms. The Morgan fingerprint density at radius 2 is 2.10 bits per heavy atom. The summed E-state index contributed by atoms with van der Waals surface area (Å²) in [6.07, 6.45) is 3.27. The highest BCUT2D eigenvalue weighted by Crippen LogP contribution is 2.11. The first-order valence-corrected chi connectivity index (χ1v) is 6.52. The fourth-order valence-electron chi connectivity index (χ4n) is 2.29. The maximum Gasteiger partial charge on any atom is 0.293 e. The molecule has 1 aromatic rings. The van der Waals surface area contributed by atoms with Crippen molar-refractivity contribution in [2.24, 2.45) is 17.9 Å². The molecular formula is C12H20N6O2. The molecule has 2 heterocycles. The zero-order valence-electron chi connectivity index (χ0n) is 11.7. The van der Waals surface area contributed by atoms with Crippen LogP contribution in [0.2, 0.25) is 0 Å². The summed E-state index contributed by atoms with van der Waals surface area (Å²) in [5.74, 6) is 0.679. The van der Waals surface area contributed by atoms with E-state index in [1.807, 2.05) is 11.8 Å². The Kier molecular flexibility index (Phi) is 4.23. The zero-order valence-corrected chi connectivity index (χ0v) is 11.7. The maximum absolute atomic E-state index is 12.0. The SMILES string of the molecule is CC(C(N)=NO)N1CCN(c2nccn(C)c2=O)CC1. The molecule has 8 nitrogen and oxygen atoms in total. The van der Waals surface area contributed by atoms with Crippen molar-refractivity contribution in [1.82, 2.24) is 14.5 Å². The van der Waals surface area contributed by atoms with E-state index in [9.17, 15) is 4.79 Å². The first-order chi connectivity index (χ1) is 9.54. The third-order valence-electron chi connectivity index (χ3n) is 3.70. The molecule has 1 saturated heterocycles. The van der Waals surface area contributed by atoms with E-state index in [2.05, 4.69) is 15.0 Å². The summed E-state index contributed by atoms with van der Waals surface area (Å²) in [5, 5.41) is 11.7. The van der Waals surface area contributed by atoms with Crippen molar-refractivity contribution >= 4 is 11.7 Å². The molecule has 1 aliphatic rings. The summed E-state index contributed by atoms with van der Waals surface area (Å²) >= 11 is 0. The van der Waals surface area contributed by atoms with E-state index < -0.39 is 0 Å². The number of piperazine rings is 1. The Balaban J connectivity index is 2.05. The molecule has 1 aromatic heterocycles. The molecule has 20 heavy (non-hydrogen) atoms. The van der Waals surface area contributed by atoms with Crippen LogP contribution in [-0.2, 0) is 7.05 Å². The van der Waals surface area contributed by atoms with E-state index in [0.717, 1.165) is 13.1 Å². The van der Waals surface area contributed by atoms with Gasteiger partial charge in [0, 0.05) is 45.6 Å². The van der Waals surface area contributed by atoms with E-state index in [-0.39, 0.29) is 17.4 Å². The summed E-state index contributed by atoms with van der Waals surface area (Å²) in [4.78, 5) is 20.3. The van der Waals surface area contributed by atoms with Gasteiger partial charge in [-0.3, -0.25) is 9.69 Å². The van der Waals surface area contributed by atoms with Crippen molar-refractivity contribution < 1.29 is 5.21 Å². The van der Waals surface area contributed by atoms with Crippen LogP contribution in [0.25, 0.3) is 0 Å². The lowest BCUT2D eigenvalue weighted by Crippen LogP contribution is -2.54. The second-order valence-electron chi connectivity index (χ2n) is 4.89. The third kappa shape index (κ3) is 2.74. The summed E-state index contributed by atoms with van der Waals surface area (Å²) < 4.78 is 1.52. The van der Waals surface area contributed by atoms with Crippen LogP contribution in [-0.4, -0.2) is 57.7 Å². The lowest BCUT2D eigenvalue weighted by atomic mass is 10.2. The molecule has 1 aliphatic heterocycles. The van der Waals surface area contributed by atoms with Crippen LogP contribution in [0, 0.1) is 0 Å². The van der Waals surface area contributed by atoms with Gasteiger partial charge in [-0.2, -0.15) is 0 Å². The second kappa shape index (κ2) is 5.91. The second-order valence-corrected chi connectivity index (χ2v) is 4.89. The quantitative estimate of drug-likeness (QED) is 0.320. The van der Waals surface area contributed by atoms with Gasteiger partial charge in [-0.05, 0) is 6.92 Å². The number of amidine groups is 1. The lowest BCUT2D eigenvalue weighted by molar-refractivity contribution is 0.229. The van der Waals surface area contributed by atoms with Gasteiger partial charge in [0.25, 0.3) is 5.56 Å². The van der Waals surface area contributed by atoms with Crippen molar-refractivity contribution in [3.05, 3.63) is 22.7 Å². The molecule has 0 aromatic carbocycles. The van der Waals surface area contributed by atoms with Crippen LogP contribution in [0.3, 0.4) is 0 Å². The maximum atomic E-state index is 12.0. The number of aryl methyl sites for hydroxylation is 1. The van der Waals surface area contributed by atoms with Gasteiger partial charge in [0.1, 0.15) is 0 Å². The average molecular weight is 280 g/mol. The molecule has 1 unspecified atom stereocenters.